The van der Waals surface area contributed by atoms with Crippen molar-refractivity contribution in [2.75, 3.05) is 21.3 Å². The maximum absolute atomic E-state index is 5.43. The highest BCUT2D eigenvalue weighted by Crippen LogP contribution is 2.24. The monoisotopic (exact) mass is 494 g/mol. The van der Waals surface area contributed by atoms with Gasteiger partial charge >= 0.3 is 0 Å². The number of thiocarbonyl (C=S) groups is 2. The molecular weight excluding hydrogens is 472 g/mol. The molecule has 8 heteroatoms. The summed E-state index contributed by atoms with van der Waals surface area (Å²) in [5, 5.41) is 13.8. The van der Waals surface area contributed by atoms with Crippen molar-refractivity contribution in [3.63, 3.8) is 0 Å². The predicted molar refractivity (Wildman–Crippen MR) is 154 cm³/mol. The number of hydrogen-bond acceptors (Lipinski definition) is 3. The van der Waals surface area contributed by atoms with E-state index in [2.05, 4.69) is 26.3 Å². The number of benzene rings is 4. The Hall–Kier alpha value is -4.27. The Labute approximate surface area is 213 Å². The van der Waals surface area contributed by atoms with Gasteiger partial charge in [0.1, 0.15) is 5.82 Å². The number of fused-ring (bicyclic) bond motifs is 1. The third kappa shape index (κ3) is 5.81. The summed E-state index contributed by atoms with van der Waals surface area (Å²) >= 11 is 10.8. The van der Waals surface area contributed by atoms with E-state index in [1.807, 2.05) is 103 Å². The van der Waals surface area contributed by atoms with E-state index < -0.39 is 0 Å². The number of hydrogen-bond donors (Lipinski definition) is 5. The maximum Gasteiger partial charge on any atom is 0.175 e. The Kier molecular flexibility index (Phi) is 6.65. The van der Waals surface area contributed by atoms with Crippen molar-refractivity contribution in [2.45, 2.75) is 0 Å². The van der Waals surface area contributed by atoms with E-state index in [9.17, 15) is 0 Å². The smallest absolute Gasteiger partial charge is 0.175 e. The van der Waals surface area contributed by atoms with Gasteiger partial charge in [0.15, 0.2) is 10.2 Å². The Morgan fingerprint density at radius 3 is 1.63 bits per heavy atom. The van der Waals surface area contributed by atoms with Crippen LogP contribution in [-0.4, -0.2) is 20.2 Å². The lowest BCUT2D eigenvalue weighted by molar-refractivity contribution is 1.34. The van der Waals surface area contributed by atoms with Gasteiger partial charge in [-0.1, -0.05) is 36.4 Å². The highest BCUT2D eigenvalue weighted by atomic mass is 32.1. The summed E-state index contributed by atoms with van der Waals surface area (Å²) in [6, 6.07) is 33.5. The first-order chi connectivity index (χ1) is 17.1. The first-order valence-electron chi connectivity index (χ1n) is 11.0. The fourth-order valence-corrected chi connectivity index (χ4v) is 4.04. The summed E-state index contributed by atoms with van der Waals surface area (Å²) in [5.74, 6) is 0.790. The van der Waals surface area contributed by atoms with Gasteiger partial charge in [-0.3, -0.25) is 0 Å². The first-order valence-corrected chi connectivity index (χ1v) is 11.8. The van der Waals surface area contributed by atoms with Gasteiger partial charge in [0.05, 0.1) is 11.0 Å². The van der Waals surface area contributed by atoms with Crippen molar-refractivity contribution in [1.82, 2.24) is 9.97 Å². The van der Waals surface area contributed by atoms with Crippen molar-refractivity contribution in [2.24, 2.45) is 0 Å². The predicted octanol–water partition coefficient (Wildman–Crippen LogP) is 6.85. The molecule has 5 aromatic rings. The zero-order valence-corrected chi connectivity index (χ0v) is 20.2. The third-order valence-corrected chi connectivity index (χ3v) is 5.63. The number of rotatable bonds is 5. The van der Waals surface area contributed by atoms with E-state index in [0.717, 1.165) is 45.2 Å². The van der Waals surface area contributed by atoms with Crippen molar-refractivity contribution < 1.29 is 0 Å². The number of aromatic amines is 1. The van der Waals surface area contributed by atoms with Crippen LogP contribution in [0.4, 0.5) is 22.7 Å². The van der Waals surface area contributed by atoms with Gasteiger partial charge in [0.2, 0.25) is 0 Å². The zero-order chi connectivity index (χ0) is 24.0. The molecule has 0 radical (unpaired) electrons. The van der Waals surface area contributed by atoms with E-state index in [1.54, 1.807) is 0 Å². The molecule has 35 heavy (non-hydrogen) atoms. The summed E-state index contributed by atoms with van der Waals surface area (Å²) in [6.45, 7) is 0. The van der Waals surface area contributed by atoms with E-state index in [1.165, 1.54) is 0 Å². The standard InChI is InChI=1S/C27H22N6S2/c34-26(28-19-7-3-1-4-8-19)30-21-13-11-18(12-14-21)25-32-23-16-15-22(17-24(23)33-25)31-27(35)29-20-9-5-2-6-10-20/h1-17H,(H,32,33)(H2,28,30,34)(H2,29,31,35). The fraction of sp³-hybridized carbons (Fsp3) is 0. The van der Waals surface area contributed by atoms with E-state index in [4.69, 9.17) is 29.4 Å². The molecule has 0 spiro atoms. The zero-order valence-electron chi connectivity index (χ0n) is 18.6. The van der Waals surface area contributed by atoms with Crippen LogP contribution in [0.1, 0.15) is 0 Å². The number of H-pyrrole nitrogens is 1. The average molecular weight is 495 g/mol. The molecule has 0 saturated heterocycles. The Morgan fingerprint density at radius 1 is 0.571 bits per heavy atom. The minimum Gasteiger partial charge on any atom is -0.338 e. The van der Waals surface area contributed by atoms with E-state index >= 15 is 0 Å². The first kappa shape index (κ1) is 22.5. The summed E-state index contributed by atoms with van der Waals surface area (Å²) in [4.78, 5) is 8.12. The summed E-state index contributed by atoms with van der Waals surface area (Å²) in [7, 11) is 0. The molecule has 0 bridgehead atoms. The Morgan fingerprint density at radius 2 is 1.06 bits per heavy atom. The second-order valence-corrected chi connectivity index (χ2v) is 8.60. The molecule has 5 rings (SSSR count). The average Bonchev–Trinajstić information content (AvgIpc) is 3.29. The van der Waals surface area contributed by atoms with Crippen LogP contribution in [-0.2, 0) is 0 Å². The minimum absolute atomic E-state index is 0.526. The Bertz CT molecular complexity index is 1460. The van der Waals surface area contributed by atoms with Crippen molar-refractivity contribution >= 4 is 68.4 Å². The van der Waals surface area contributed by atoms with Crippen LogP contribution in [0.25, 0.3) is 22.4 Å². The minimum atomic E-state index is 0.526. The van der Waals surface area contributed by atoms with Crippen LogP contribution in [0.15, 0.2) is 103 Å². The summed E-state index contributed by atoms with van der Waals surface area (Å²) in [6.07, 6.45) is 0. The molecule has 4 aromatic carbocycles. The molecule has 0 saturated carbocycles. The number of aromatic nitrogens is 2. The van der Waals surface area contributed by atoms with Gasteiger partial charge in [0.25, 0.3) is 0 Å². The van der Waals surface area contributed by atoms with Crippen LogP contribution >= 0.6 is 24.4 Å². The molecule has 0 aliphatic rings. The quantitative estimate of drug-likeness (QED) is 0.171. The van der Waals surface area contributed by atoms with Crippen molar-refractivity contribution in [3.05, 3.63) is 103 Å². The van der Waals surface area contributed by atoms with E-state index in [0.29, 0.717) is 10.2 Å². The second-order valence-electron chi connectivity index (χ2n) is 7.78. The molecule has 1 heterocycles. The molecule has 0 unspecified atom stereocenters. The molecule has 0 amide bonds. The van der Waals surface area contributed by atoms with Gasteiger partial charge in [0, 0.05) is 28.3 Å². The Balaban J connectivity index is 1.24. The molecule has 172 valence electrons. The maximum atomic E-state index is 5.43. The van der Waals surface area contributed by atoms with E-state index in [-0.39, 0.29) is 0 Å². The van der Waals surface area contributed by atoms with Gasteiger partial charge in [-0.05, 0) is 91.2 Å². The topological polar surface area (TPSA) is 76.8 Å². The van der Waals surface area contributed by atoms with Gasteiger partial charge in [-0.15, -0.1) is 0 Å². The molecule has 0 fully saturated rings. The molecule has 0 aliphatic heterocycles. The molecule has 0 aliphatic carbocycles. The number of para-hydroxylation sites is 2. The van der Waals surface area contributed by atoms with Crippen LogP contribution in [0, 0.1) is 0 Å². The van der Waals surface area contributed by atoms with Gasteiger partial charge in [-0.2, -0.15) is 0 Å². The second kappa shape index (κ2) is 10.3. The normalized spacial score (nSPS) is 10.5. The molecular formula is C27H22N6S2. The number of anilines is 4. The highest BCUT2D eigenvalue weighted by Gasteiger charge is 2.08. The van der Waals surface area contributed by atoms with Crippen LogP contribution in [0.2, 0.25) is 0 Å². The molecule has 1 aromatic heterocycles. The lowest BCUT2D eigenvalue weighted by Crippen LogP contribution is -2.18. The van der Waals surface area contributed by atoms with Gasteiger partial charge < -0.3 is 26.3 Å². The van der Waals surface area contributed by atoms with Crippen LogP contribution < -0.4 is 21.3 Å². The highest BCUT2D eigenvalue weighted by molar-refractivity contribution is 7.81. The van der Waals surface area contributed by atoms with Gasteiger partial charge in [-0.25, -0.2) is 4.98 Å². The van der Waals surface area contributed by atoms with Crippen LogP contribution in [0.5, 0.6) is 0 Å². The lowest BCUT2D eigenvalue weighted by Gasteiger charge is -2.10. The number of nitrogens with one attached hydrogen (secondary N) is 5. The molecule has 5 N–H and O–H groups in total. The van der Waals surface area contributed by atoms with Crippen molar-refractivity contribution in [3.8, 4) is 11.4 Å². The molecule has 6 nitrogen and oxygen atoms in total. The lowest BCUT2D eigenvalue weighted by atomic mass is 10.2. The largest absolute Gasteiger partial charge is 0.338 e. The number of imidazole rings is 1. The fourth-order valence-electron chi connectivity index (χ4n) is 3.57. The summed E-state index contributed by atoms with van der Waals surface area (Å²) < 4.78 is 0. The molecule has 0 atom stereocenters. The SMILES string of the molecule is S=C(Nc1ccccc1)Nc1ccc(-c2nc3ccc(NC(=S)Nc4ccccc4)cc3[nH]2)cc1. The third-order valence-electron chi connectivity index (χ3n) is 5.22. The summed E-state index contributed by atoms with van der Waals surface area (Å²) in [5.41, 5.74) is 6.42. The van der Waals surface area contributed by atoms with Crippen LogP contribution in [0.3, 0.4) is 0 Å². The van der Waals surface area contributed by atoms with Crippen molar-refractivity contribution in [1.29, 1.82) is 0 Å². The number of nitrogens with zero attached hydrogens (tertiary/aromatic N) is 1.